The van der Waals surface area contributed by atoms with Crippen LogP contribution in [0, 0.1) is 5.92 Å². The van der Waals surface area contributed by atoms with E-state index in [1.165, 1.54) is 32.1 Å². The second-order valence-electron chi connectivity index (χ2n) is 5.96. The average Bonchev–Trinajstić information content (AvgIpc) is 2.42. The lowest BCUT2D eigenvalue weighted by Crippen LogP contribution is -2.76. The average molecular weight is 302 g/mol. The molecule has 1 saturated carbocycles. The van der Waals surface area contributed by atoms with Crippen LogP contribution in [0.3, 0.4) is 0 Å². The lowest BCUT2D eigenvalue weighted by molar-refractivity contribution is 0.233. The highest BCUT2D eigenvalue weighted by molar-refractivity contribution is 6.66. The van der Waals surface area contributed by atoms with E-state index in [0.717, 1.165) is 32.0 Å². The summed E-state index contributed by atoms with van der Waals surface area (Å²) in [7, 11) is -2.21. The molecule has 3 N–H and O–H groups in total. The molecule has 4 nitrogen and oxygen atoms in total. The Bertz CT molecular complexity index is 247. The smallest absolute Gasteiger partial charge is 0.380 e. The summed E-state index contributed by atoms with van der Waals surface area (Å²) in [6.07, 6.45) is 7.67. The van der Waals surface area contributed by atoms with Gasteiger partial charge in [-0.15, -0.1) is 0 Å². The molecule has 0 aromatic heterocycles. The van der Waals surface area contributed by atoms with Crippen molar-refractivity contribution in [3.63, 3.8) is 0 Å². The van der Waals surface area contributed by atoms with Gasteiger partial charge in [0.15, 0.2) is 0 Å². The Morgan fingerprint density at radius 3 is 2.25 bits per heavy atom. The van der Waals surface area contributed by atoms with E-state index in [2.05, 4.69) is 42.6 Å². The molecule has 0 aliphatic heterocycles. The Labute approximate surface area is 126 Å². The molecule has 0 aromatic rings. The predicted molar refractivity (Wildman–Crippen MR) is 88.5 cm³/mol. The summed E-state index contributed by atoms with van der Waals surface area (Å²) in [6, 6.07) is 0.593. The molecule has 1 aliphatic rings. The van der Waals surface area contributed by atoms with E-state index in [0.29, 0.717) is 6.04 Å². The molecule has 1 fully saturated rings. The largest absolute Gasteiger partial charge is 0.440 e. The maximum absolute atomic E-state index is 6.31. The van der Waals surface area contributed by atoms with E-state index in [9.17, 15) is 0 Å². The SMILES string of the molecule is CCCCO[Si](NCC)(NCC)NC1CCCCC1C. The van der Waals surface area contributed by atoms with Crippen molar-refractivity contribution in [1.29, 1.82) is 0 Å². The topological polar surface area (TPSA) is 45.3 Å². The third-order valence-corrected chi connectivity index (χ3v) is 7.29. The predicted octanol–water partition coefficient (Wildman–Crippen LogP) is 2.63. The van der Waals surface area contributed by atoms with Crippen molar-refractivity contribution in [2.45, 2.75) is 72.3 Å². The lowest BCUT2D eigenvalue weighted by Gasteiger charge is -2.39. The Balaban J connectivity index is 2.66. The fourth-order valence-corrected chi connectivity index (χ4v) is 5.98. The number of nitrogens with one attached hydrogen (secondary N) is 3. The number of rotatable bonds is 10. The fourth-order valence-electron chi connectivity index (χ4n) is 2.97. The van der Waals surface area contributed by atoms with Crippen LogP contribution < -0.4 is 14.9 Å². The van der Waals surface area contributed by atoms with Gasteiger partial charge < -0.3 is 4.43 Å². The Morgan fingerprint density at radius 2 is 1.70 bits per heavy atom. The van der Waals surface area contributed by atoms with E-state index in [1.54, 1.807) is 0 Å². The monoisotopic (exact) mass is 301 g/mol. The molecule has 0 radical (unpaired) electrons. The summed E-state index contributed by atoms with van der Waals surface area (Å²) in [4.78, 5) is 11.1. The maximum atomic E-state index is 6.31. The third kappa shape index (κ3) is 5.82. The molecule has 2 unspecified atom stereocenters. The van der Waals surface area contributed by atoms with Crippen molar-refractivity contribution >= 4 is 8.80 Å². The lowest BCUT2D eigenvalue weighted by atomic mass is 9.87. The number of hydrogen-bond acceptors (Lipinski definition) is 4. The van der Waals surface area contributed by atoms with E-state index in [1.807, 2.05) is 0 Å². The molecule has 0 bridgehead atoms. The Morgan fingerprint density at radius 1 is 1.05 bits per heavy atom. The molecule has 20 heavy (non-hydrogen) atoms. The van der Waals surface area contributed by atoms with Crippen LogP contribution >= 0.6 is 0 Å². The summed E-state index contributed by atoms with van der Waals surface area (Å²) in [5.74, 6) is 0.753. The van der Waals surface area contributed by atoms with Gasteiger partial charge in [0.2, 0.25) is 0 Å². The highest BCUT2D eigenvalue weighted by Crippen LogP contribution is 2.24. The first-order valence-corrected chi connectivity index (χ1v) is 10.5. The van der Waals surface area contributed by atoms with Crippen molar-refractivity contribution < 1.29 is 4.43 Å². The van der Waals surface area contributed by atoms with Gasteiger partial charge in [0.1, 0.15) is 0 Å². The molecule has 2 atom stereocenters. The summed E-state index contributed by atoms with van der Waals surface area (Å²) in [5.41, 5.74) is 0. The third-order valence-electron chi connectivity index (χ3n) is 4.17. The Kier molecular flexibility index (Phi) is 8.96. The van der Waals surface area contributed by atoms with Gasteiger partial charge in [-0.2, -0.15) is 0 Å². The van der Waals surface area contributed by atoms with Crippen LogP contribution in [0.2, 0.25) is 0 Å². The second kappa shape index (κ2) is 9.90. The summed E-state index contributed by atoms with van der Waals surface area (Å²) in [5, 5.41) is 0. The number of unbranched alkanes of at least 4 members (excludes halogenated alkanes) is 1. The normalized spacial score (nSPS) is 24.0. The second-order valence-corrected chi connectivity index (χ2v) is 8.60. The van der Waals surface area contributed by atoms with Gasteiger partial charge in [0.25, 0.3) is 0 Å². The van der Waals surface area contributed by atoms with Gasteiger partial charge >= 0.3 is 8.80 Å². The van der Waals surface area contributed by atoms with Crippen molar-refractivity contribution in [2.75, 3.05) is 19.7 Å². The quantitative estimate of drug-likeness (QED) is 0.429. The molecule has 120 valence electrons. The molecule has 1 aliphatic carbocycles. The van der Waals surface area contributed by atoms with Crippen LogP contribution in [0.1, 0.15) is 66.2 Å². The Hall–Kier alpha value is 0.0569. The first kappa shape index (κ1) is 18.1. The van der Waals surface area contributed by atoms with Crippen LogP contribution in [-0.2, 0) is 4.43 Å². The van der Waals surface area contributed by atoms with Crippen molar-refractivity contribution in [3.05, 3.63) is 0 Å². The molecule has 0 saturated heterocycles. The molecule has 0 spiro atoms. The molecular weight excluding hydrogens is 266 g/mol. The minimum atomic E-state index is -2.21. The zero-order chi connectivity index (χ0) is 14.8. The van der Waals surface area contributed by atoms with Gasteiger partial charge in [-0.3, -0.25) is 14.9 Å². The first-order chi connectivity index (χ1) is 9.67. The minimum absolute atomic E-state index is 0.593. The van der Waals surface area contributed by atoms with Crippen LogP contribution in [0.4, 0.5) is 0 Å². The zero-order valence-electron chi connectivity index (χ0n) is 13.9. The van der Waals surface area contributed by atoms with Gasteiger partial charge in [-0.1, -0.05) is 47.0 Å². The maximum Gasteiger partial charge on any atom is 0.440 e. The van der Waals surface area contributed by atoms with Gasteiger partial charge in [0, 0.05) is 12.6 Å². The number of hydrogen-bond donors (Lipinski definition) is 3. The summed E-state index contributed by atoms with van der Waals surface area (Å²) in [6.45, 7) is 11.6. The van der Waals surface area contributed by atoms with Crippen LogP contribution in [-0.4, -0.2) is 34.5 Å². The highest BCUT2D eigenvalue weighted by atomic mass is 28.4. The van der Waals surface area contributed by atoms with Gasteiger partial charge in [0.05, 0.1) is 0 Å². The molecule has 5 heteroatoms. The van der Waals surface area contributed by atoms with Crippen LogP contribution in [0.5, 0.6) is 0 Å². The summed E-state index contributed by atoms with van der Waals surface area (Å²) >= 11 is 0. The molecule has 0 heterocycles. The molecule has 0 aromatic carbocycles. The fraction of sp³-hybridized carbons (Fsp3) is 1.00. The van der Waals surface area contributed by atoms with Crippen LogP contribution in [0.15, 0.2) is 0 Å². The van der Waals surface area contributed by atoms with Crippen molar-refractivity contribution in [1.82, 2.24) is 14.9 Å². The molecule has 0 amide bonds. The van der Waals surface area contributed by atoms with Crippen molar-refractivity contribution in [2.24, 2.45) is 5.92 Å². The minimum Gasteiger partial charge on any atom is -0.380 e. The highest BCUT2D eigenvalue weighted by Gasteiger charge is 2.39. The standard InChI is InChI=1S/C15H35N3OSi/c1-5-8-13-19-20(16-6-2,17-7-3)18-15-12-10-9-11-14(15)4/h14-18H,5-13H2,1-4H3. The molecular formula is C15H35N3OSi. The van der Waals surface area contributed by atoms with E-state index in [4.69, 9.17) is 4.43 Å². The summed E-state index contributed by atoms with van der Waals surface area (Å²) < 4.78 is 6.31. The van der Waals surface area contributed by atoms with Gasteiger partial charge in [-0.05, 0) is 38.3 Å². The first-order valence-electron chi connectivity index (χ1n) is 8.59. The van der Waals surface area contributed by atoms with E-state index >= 15 is 0 Å². The van der Waals surface area contributed by atoms with Crippen LogP contribution in [0.25, 0.3) is 0 Å². The van der Waals surface area contributed by atoms with E-state index < -0.39 is 8.80 Å². The zero-order valence-corrected chi connectivity index (χ0v) is 14.9. The van der Waals surface area contributed by atoms with E-state index in [-0.39, 0.29) is 0 Å². The van der Waals surface area contributed by atoms with Crippen molar-refractivity contribution in [3.8, 4) is 0 Å². The van der Waals surface area contributed by atoms with Gasteiger partial charge in [-0.25, -0.2) is 0 Å². The molecule has 1 rings (SSSR count).